The molecule has 2 aromatic rings. The Morgan fingerprint density at radius 1 is 0.963 bits per heavy atom. The second-order valence-electron chi connectivity index (χ2n) is 9.07. The van der Waals surface area contributed by atoms with Crippen molar-refractivity contribution in [3.63, 3.8) is 0 Å². The van der Waals surface area contributed by atoms with Gasteiger partial charge in [-0.2, -0.15) is 0 Å². The van der Waals surface area contributed by atoms with E-state index in [0.717, 1.165) is 41.9 Å². The Hall–Kier alpha value is -1.80. The van der Waals surface area contributed by atoms with Gasteiger partial charge in [-0.15, -0.1) is 11.6 Å². The summed E-state index contributed by atoms with van der Waals surface area (Å²) in [7, 11) is 0. The molecule has 2 atom stereocenters. The predicted octanol–water partition coefficient (Wildman–Crippen LogP) is 6.48. The van der Waals surface area contributed by atoms with E-state index in [2.05, 4.69) is 12.1 Å². The summed E-state index contributed by atoms with van der Waals surface area (Å²) in [5.74, 6) is 3.37. The minimum Gasteiger partial charge on any atom is -0.457 e. The van der Waals surface area contributed by atoms with Gasteiger partial charge in [0.2, 0.25) is 0 Å². The van der Waals surface area contributed by atoms with Crippen LogP contribution in [0.3, 0.4) is 0 Å². The molecule has 140 valence electrons. The third-order valence-electron chi connectivity index (χ3n) is 6.61. The molecule has 27 heavy (non-hydrogen) atoms. The third-order valence-corrected chi connectivity index (χ3v) is 7.06. The molecular weight excluding hydrogens is 354 g/mol. The van der Waals surface area contributed by atoms with Crippen molar-refractivity contribution in [3.05, 3.63) is 60.2 Å². The number of halogens is 1. The summed E-state index contributed by atoms with van der Waals surface area (Å²) in [4.78, 5) is 4.94. The van der Waals surface area contributed by atoms with Crippen molar-refractivity contribution >= 4 is 17.8 Å². The maximum Gasteiger partial charge on any atom is 0.128 e. The van der Waals surface area contributed by atoms with Gasteiger partial charge in [0.25, 0.3) is 0 Å². The van der Waals surface area contributed by atoms with Gasteiger partial charge in [-0.3, -0.25) is 4.99 Å². The van der Waals surface area contributed by atoms with Crippen molar-refractivity contribution in [2.75, 3.05) is 6.54 Å². The Morgan fingerprint density at radius 2 is 1.70 bits per heavy atom. The fourth-order valence-corrected chi connectivity index (χ4v) is 6.87. The van der Waals surface area contributed by atoms with E-state index in [0.29, 0.717) is 5.41 Å². The molecule has 0 heterocycles. The second-order valence-corrected chi connectivity index (χ2v) is 9.87. The highest BCUT2D eigenvalue weighted by molar-refractivity contribution is 6.24. The van der Waals surface area contributed by atoms with Crippen molar-refractivity contribution < 1.29 is 4.74 Å². The van der Waals surface area contributed by atoms with E-state index in [1.165, 1.54) is 32.1 Å². The molecule has 4 aliphatic carbocycles. The molecule has 6 rings (SSSR count). The molecule has 0 spiro atoms. The van der Waals surface area contributed by atoms with Crippen molar-refractivity contribution in [3.8, 4) is 11.5 Å². The van der Waals surface area contributed by atoms with Crippen LogP contribution in [0.2, 0.25) is 0 Å². The number of hydrogen-bond donors (Lipinski definition) is 0. The maximum atomic E-state index is 6.95. The maximum absolute atomic E-state index is 6.95. The molecule has 2 nitrogen and oxygen atoms in total. The Balaban J connectivity index is 1.27. The van der Waals surface area contributed by atoms with Gasteiger partial charge in [0.05, 0.1) is 0 Å². The largest absolute Gasteiger partial charge is 0.457 e. The standard InChI is InChI=1S/C24H26ClNO/c25-24-13-19-9-20(14-24)12-23(11-19,16-24)17-26-15-18-5-4-8-22(10-18)27-21-6-2-1-3-7-21/h1-8,10,15,19-20H,9,11-14,16-17H2. The van der Waals surface area contributed by atoms with E-state index >= 15 is 0 Å². The van der Waals surface area contributed by atoms with Crippen LogP contribution in [0.15, 0.2) is 59.6 Å². The minimum absolute atomic E-state index is 0.0725. The summed E-state index contributed by atoms with van der Waals surface area (Å²) in [6, 6.07) is 18.0. The van der Waals surface area contributed by atoms with Crippen LogP contribution in [0, 0.1) is 17.3 Å². The molecule has 3 heteroatoms. The molecule has 0 aliphatic heterocycles. The molecule has 0 radical (unpaired) electrons. The molecule has 0 N–H and O–H groups in total. The average Bonchev–Trinajstić information content (AvgIpc) is 2.61. The van der Waals surface area contributed by atoms with E-state index in [-0.39, 0.29) is 4.87 Å². The SMILES string of the molecule is ClC12CC3CC(C1)CC(CN=Cc1cccc(Oc4ccccc4)c1)(C3)C2. The highest BCUT2D eigenvalue weighted by Crippen LogP contribution is 2.63. The molecule has 2 aromatic carbocycles. The molecular formula is C24H26ClNO. The van der Waals surface area contributed by atoms with Gasteiger partial charge in [0, 0.05) is 17.6 Å². The van der Waals surface area contributed by atoms with E-state index < -0.39 is 0 Å². The molecule has 4 bridgehead atoms. The van der Waals surface area contributed by atoms with E-state index in [1.54, 1.807) is 0 Å². The van der Waals surface area contributed by atoms with Crippen molar-refractivity contribution in [2.24, 2.45) is 22.2 Å². The normalized spacial score (nSPS) is 34.3. The number of nitrogens with zero attached hydrogens (tertiary/aromatic N) is 1. The Kier molecular flexibility index (Phi) is 4.27. The lowest BCUT2D eigenvalue weighted by molar-refractivity contribution is -0.0336. The average molecular weight is 380 g/mol. The monoisotopic (exact) mass is 379 g/mol. The number of benzene rings is 2. The van der Waals surface area contributed by atoms with Crippen LogP contribution in [0.25, 0.3) is 0 Å². The van der Waals surface area contributed by atoms with Crippen LogP contribution in [-0.2, 0) is 0 Å². The first kappa shape index (κ1) is 17.3. The van der Waals surface area contributed by atoms with Crippen LogP contribution in [0.5, 0.6) is 11.5 Å². The van der Waals surface area contributed by atoms with Gasteiger partial charge in [-0.1, -0.05) is 30.3 Å². The van der Waals surface area contributed by atoms with Gasteiger partial charge >= 0.3 is 0 Å². The summed E-state index contributed by atoms with van der Waals surface area (Å²) >= 11 is 6.95. The van der Waals surface area contributed by atoms with Gasteiger partial charge < -0.3 is 4.74 Å². The lowest BCUT2D eigenvalue weighted by Gasteiger charge is -2.59. The fourth-order valence-electron chi connectivity index (χ4n) is 6.15. The molecule has 0 saturated heterocycles. The Bertz CT molecular complexity index is 832. The summed E-state index contributed by atoms with van der Waals surface area (Å²) in [5, 5.41) is 0. The number of alkyl halides is 1. The summed E-state index contributed by atoms with van der Waals surface area (Å²) < 4.78 is 5.93. The highest BCUT2D eigenvalue weighted by atomic mass is 35.5. The third kappa shape index (κ3) is 3.65. The van der Waals surface area contributed by atoms with E-state index in [1.807, 2.05) is 48.7 Å². The summed E-state index contributed by atoms with van der Waals surface area (Å²) in [6.45, 7) is 0.915. The van der Waals surface area contributed by atoms with Gasteiger partial charge in [0.1, 0.15) is 11.5 Å². The van der Waals surface area contributed by atoms with Gasteiger partial charge in [-0.05, 0) is 85.6 Å². The number of rotatable bonds is 5. The zero-order chi connectivity index (χ0) is 18.3. The molecule has 4 aliphatic rings. The Labute approximate surface area is 166 Å². The van der Waals surface area contributed by atoms with Crippen molar-refractivity contribution in [2.45, 2.75) is 43.4 Å². The second kappa shape index (κ2) is 6.67. The van der Waals surface area contributed by atoms with Gasteiger partial charge in [0.15, 0.2) is 0 Å². The molecule has 4 fully saturated rings. The first-order valence-electron chi connectivity index (χ1n) is 10.1. The summed E-state index contributed by atoms with van der Waals surface area (Å²) in [5.41, 5.74) is 1.44. The first-order valence-corrected chi connectivity index (χ1v) is 10.5. The lowest BCUT2D eigenvalue weighted by atomic mass is 9.49. The van der Waals surface area contributed by atoms with E-state index in [9.17, 15) is 0 Å². The number of hydrogen-bond acceptors (Lipinski definition) is 2. The van der Waals surface area contributed by atoms with Crippen molar-refractivity contribution in [1.29, 1.82) is 0 Å². The fraction of sp³-hybridized carbons (Fsp3) is 0.458. The van der Waals surface area contributed by atoms with Gasteiger partial charge in [-0.25, -0.2) is 0 Å². The Morgan fingerprint density at radius 3 is 2.44 bits per heavy atom. The van der Waals surface area contributed by atoms with Crippen LogP contribution >= 0.6 is 11.6 Å². The number of ether oxygens (including phenoxy) is 1. The predicted molar refractivity (Wildman–Crippen MR) is 111 cm³/mol. The van der Waals surface area contributed by atoms with E-state index in [4.69, 9.17) is 21.3 Å². The zero-order valence-corrected chi connectivity index (χ0v) is 16.4. The molecule has 0 amide bonds. The van der Waals surface area contributed by atoms with Crippen LogP contribution < -0.4 is 4.74 Å². The molecule has 2 unspecified atom stereocenters. The van der Waals surface area contributed by atoms with Crippen LogP contribution in [0.4, 0.5) is 0 Å². The van der Waals surface area contributed by atoms with Crippen LogP contribution in [-0.4, -0.2) is 17.6 Å². The smallest absolute Gasteiger partial charge is 0.128 e. The minimum atomic E-state index is 0.0725. The summed E-state index contributed by atoms with van der Waals surface area (Å²) in [6.07, 6.45) is 9.68. The number of para-hydroxylation sites is 1. The topological polar surface area (TPSA) is 21.6 Å². The zero-order valence-electron chi connectivity index (χ0n) is 15.6. The lowest BCUT2D eigenvalue weighted by Crippen LogP contribution is -2.54. The quantitative estimate of drug-likeness (QED) is 0.430. The molecule has 4 saturated carbocycles. The first-order chi connectivity index (χ1) is 13.1. The molecule has 0 aromatic heterocycles. The number of aliphatic imine (C=N–C) groups is 1. The van der Waals surface area contributed by atoms with Crippen molar-refractivity contribution in [1.82, 2.24) is 0 Å². The van der Waals surface area contributed by atoms with Crippen LogP contribution in [0.1, 0.15) is 44.1 Å². The highest BCUT2D eigenvalue weighted by Gasteiger charge is 2.56.